The highest BCUT2D eigenvalue weighted by Gasteiger charge is 2.49. The van der Waals surface area contributed by atoms with Crippen LogP contribution >= 0.6 is 11.6 Å². The predicted molar refractivity (Wildman–Crippen MR) is 121 cm³/mol. The van der Waals surface area contributed by atoms with Crippen molar-refractivity contribution in [1.82, 2.24) is 0 Å². The summed E-state index contributed by atoms with van der Waals surface area (Å²) in [6.07, 6.45) is 0. The molecule has 1 aliphatic heterocycles. The van der Waals surface area contributed by atoms with Gasteiger partial charge in [-0.05, 0) is 30.7 Å². The maximum atomic E-state index is 13.1. The van der Waals surface area contributed by atoms with Gasteiger partial charge in [0.25, 0.3) is 17.4 Å². The van der Waals surface area contributed by atoms with Crippen molar-refractivity contribution < 1.29 is 19.6 Å². The minimum Gasteiger partial charge on any atom is -0.507 e. The van der Waals surface area contributed by atoms with E-state index in [1.54, 1.807) is 55.5 Å². The number of hydrogen-bond donors (Lipinski definition) is 1. The third kappa shape index (κ3) is 3.52. The average molecular weight is 449 g/mol. The molecule has 3 aromatic rings. The van der Waals surface area contributed by atoms with Crippen LogP contribution in [0, 0.1) is 17.0 Å². The third-order valence-electron chi connectivity index (χ3n) is 5.35. The highest BCUT2D eigenvalue weighted by atomic mass is 35.5. The lowest BCUT2D eigenvalue weighted by Crippen LogP contribution is -2.29. The van der Waals surface area contributed by atoms with Crippen molar-refractivity contribution in [3.05, 3.63) is 110 Å². The molecule has 32 heavy (non-hydrogen) atoms. The lowest BCUT2D eigenvalue weighted by molar-refractivity contribution is -0.385. The number of carbonyl (C=O) groups excluding carboxylic acids is 2. The molecule has 0 aromatic heterocycles. The maximum Gasteiger partial charge on any atom is 0.300 e. The van der Waals surface area contributed by atoms with Crippen molar-refractivity contribution in [2.45, 2.75) is 13.0 Å². The van der Waals surface area contributed by atoms with Crippen molar-refractivity contribution in [2.24, 2.45) is 0 Å². The molecule has 0 saturated carbocycles. The van der Waals surface area contributed by atoms with E-state index in [1.165, 1.54) is 24.3 Å². The van der Waals surface area contributed by atoms with Gasteiger partial charge in [0.2, 0.25) is 0 Å². The highest BCUT2D eigenvalue weighted by Crippen LogP contribution is 2.45. The van der Waals surface area contributed by atoms with E-state index >= 15 is 0 Å². The maximum absolute atomic E-state index is 13.1. The van der Waals surface area contributed by atoms with Crippen molar-refractivity contribution in [3.8, 4) is 0 Å². The molecule has 160 valence electrons. The number of para-hydroxylation sites is 1. The van der Waals surface area contributed by atoms with E-state index in [1.807, 2.05) is 0 Å². The Hall–Kier alpha value is -3.97. The van der Waals surface area contributed by atoms with E-state index in [-0.39, 0.29) is 22.5 Å². The number of benzene rings is 3. The normalized spacial score (nSPS) is 17.6. The van der Waals surface area contributed by atoms with Crippen molar-refractivity contribution in [2.75, 3.05) is 4.90 Å². The second-order valence-electron chi connectivity index (χ2n) is 7.28. The first-order valence-corrected chi connectivity index (χ1v) is 10.0. The molecule has 1 saturated heterocycles. The second kappa shape index (κ2) is 8.28. The molecule has 3 aromatic carbocycles. The first kappa shape index (κ1) is 21.3. The second-order valence-corrected chi connectivity index (χ2v) is 7.69. The number of ketones is 1. The van der Waals surface area contributed by atoms with Gasteiger partial charge in [0, 0.05) is 22.3 Å². The number of halogens is 1. The molecule has 7 nitrogen and oxygen atoms in total. The van der Waals surface area contributed by atoms with E-state index in [2.05, 4.69) is 0 Å². The molecule has 1 fully saturated rings. The van der Waals surface area contributed by atoms with Gasteiger partial charge in [0.15, 0.2) is 0 Å². The van der Waals surface area contributed by atoms with E-state index in [9.17, 15) is 24.8 Å². The van der Waals surface area contributed by atoms with Crippen LogP contribution in [0.2, 0.25) is 5.02 Å². The van der Waals surface area contributed by atoms with E-state index in [0.717, 1.165) is 10.5 Å². The molecule has 1 unspecified atom stereocenters. The third-order valence-corrected chi connectivity index (χ3v) is 5.76. The van der Waals surface area contributed by atoms with Crippen molar-refractivity contribution in [1.29, 1.82) is 0 Å². The molecule has 0 spiro atoms. The summed E-state index contributed by atoms with van der Waals surface area (Å²) in [7, 11) is 0. The molecule has 0 bridgehead atoms. The largest absolute Gasteiger partial charge is 0.507 e. The number of nitro groups is 1. The molecular weight excluding hydrogens is 432 g/mol. The van der Waals surface area contributed by atoms with Crippen LogP contribution in [0.3, 0.4) is 0 Å². The van der Waals surface area contributed by atoms with E-state index in [4.69, 9.17) is 11.6 Å². The lowest BCUT2D eigenvalue weighted by Gasteiger charge is -2.25. The van der Waals surface area contributed by atoms with Gasteiger partial charge in [-0.15, -0.1) is 0 Å². The number of Topliss-reactive ketones (excluding diaryl/α,β-unsaturated/α-hetero) is 1. The molecule has 1 N–H and O–H groups in total. The molecule has 8 heteroatoms. The van der Waals surface area contributed by atoms with Crippen LogP contribution in [-0.2, 0) is 9.59 Å². The molecular formula is C24H17ClN2O5. The Morgan fingerprint density at radius 1 is 1.03 bits per heavy atom. The first-order valence-electron chi connectivity index (χ1n) is 9.67. The van der Waals surface area contributed by atoms with Crippen LogP contribution < -0.4 is 4.90 Å². The molecule has 1 amide bonds. The number of carbonyl (C=O) groups is 2. The van der Waals surface area contributed by atoms with Crippen LogP contribution in [0.1, 0.15) is 22.7 Å². The Morgan fingerprint density at radius 3 is 2.34 bits per heavy atom. The number of hydrogen-bond acceptors (Lipinski definition) is 5. The van der Waals surface area contributed by atoms with Crippen LogP contribution in [0.25, 0.3) is 5.76 Å². The summed E-state index contributed by atoms with van der Waals surface area (Å²) in [5.41, 5.74) is 0.965. The molecule has 4 rings (SSSR count). The molecule has 0 radical (unpaired) electrons. The Bertz CT molecular complexity index is 1290. The Kier molecular flexibility index (Phi) is 5.50. The quantitative estimate of drug-likeness (QED) is 0.195. The minimum atomic E-state index is -1.21. The average Bonchev–Trinajstić information content (AvgIpc) is 3.06. The van der Waals surface area contributed by atoms with Crippen LogP contribution in [0.5, 0.6) is 0 Å². The summed E-state index contributed by atoms with van der Waals surface area (Å²) in [6.45, 7) is 1.79. The first-order chi connectivity index (χ1) is 15.3. The zero-order valence-electron chi connectivity index (χ0n) is 16.9. The monoisotopic (exact) mass is 448 g/mol. The van der Waals surface area contributed by atoms with Gasteiger partial charge in [-0.1, -0.05) is 60.1 Å². The number of rotatable bonds is 4. The summed E-state index contributed by atoms with van der Waals surface area (Å²) < 4.78 is 0. The van der Waals surface area contributed by atoms with E-state index < -0.39 is 28.4 Å². The summed E-state index contributed by atoms with van der Waals surface area (Å²) in [5, 5.41) is 23.1. The summed E-state index contributed by atoms with van der Waals surface area (Å²) in [6, 6.07) is 17.7. The number of nitro benzene ring substituents is 1. The Morgan fingerprint density at radius 2 is 1.69 bits per heavy atom. The Balaban J connectivity index is 2.02. The Labute approximate surface area is 188 Å². The van der Waals surface area contributed by atoms with Crippen LogP contribution in [0.4, 0.5) is 11.4 Å². The summed E-state index contributed by atoms with van der Waals surface area (Å²) >= 11 is 6.25. The van der Waals surface area contributed by atoms with Crippen LogP contribution in [-0.4, -0.2) is 21.7 Å². The smallest absolute Gasteiger partial charge is 0.300 e. The topological polar surface area (TPSA) is 101 Å². The number of aliphatic hydroxyl groups is 1. The standard InChI is InChI=1S/C24H17ClN2O5/c1-14-11-12-16(13-18(14)25)26-21(17-9-5-6-10-19(17)27(31)32)20(23(29)24(26)30)22(28)15-7-3-2-4-8-15/h2-13,21,28H,1H3. The number of amides is 1. The lowest BCUT2D eigenvalue weighted by atomic mass is 9.94. The molecule has 1 atom stereocenters. The minimum absolute atomic E-state index is 0.103. The van der Waals surface area contributed by atoms with Crippen molar-refractivity contribution >= 4 is 40.4 Å². The molecule has 1 aliphatic rings. The van der Waals surface area contributed by atoms with Gasteiger partial charge in [-0.3, -0.25) is 24.6 Å². The number of aryl methyl sites for hydroxylation is 1. The summed E-state index contributed by atoms with van der Waals surface area (Å²) in [4.78, 5) is 38.5. The zero-order valence-corrected chi connectivity index (χ0v) is 17.6. The number of nitrogens with zero attached hydrogens (tertiary/aromatic N) is 2. The fraction of sp³-hybridized carbons (Fsp3) is 0.0833. The number of aliphatic hydroxyl groups excluding tert-OH is 1. The predicted octanol–water partition coefficient (Wildman–Crippen LogP) is 5.18. The van der Waals surface area contributed by atoms with Gasteiger partial charge in [-0.2, -0.15) is 0 Å². The van der Waals surface area contributed by atoms with Gasteiger partial charge in [0.05, 0.1) is 16.1 Å². The van der Waals surface area contributed by atoms with Crippen molar-refractivity contribution in [3.63, 3.8) is 0 Å². The highest BCUT2D eigenvalue weighted by molar-refractivity contribution is 6.52. The summed E-state index contributed by atoms with van der Waals surface area (Å²) in [5.74, 6) is -2.26. The number of anilines is 1. The van der Waals surface area contributed by atoms with Gasteiger partial charge in [0.1, 0.15) is 11.8 Å². The molecule has 1 heterocycles. The molecule has 0 aliphatic carbocycles. The van der Waals surface area contributed by atoms with Crippen LogP contribution in [0.15, 0.2) is 78.4 Å². The van der Waals surface area contributed by atoms with Gasteiger partial charge >= 0.3 is 0 Å². The fourth-order valence-corrected chi connectivity index (χ4v) is 3.94. The van der Waals surface area contributed by atoms with Gasteiger partial charge < -0.3 is 5.11 Å². The van der Waals surface area contributed by atoms with Gasteiger partial charge in [-0.25, -0.2) is 0 Å². The SMILES string of the molecule is Cc1ccc(N2C(=O)C(=O)C(=C(O)c3ccccc3)C2c2ccccc2[N+](=O)[O-])cc1Cl. The van der Waals surface area contributed by atoms with E-state index in [0.29, 0.717) is 10.6 Å². The zero-order chi connectivity index (χ0) is 23.0. The fourth-order valence-electron chi connectivity index (χ4n) is 3.76.